The Morgan fingerprint density at radius 2 is 2.06 bits per heavy atom. The highest BCUT2D eigenvalue weighted by molar-refractivity contribution is 5.98. The number of hydrogen-bond donors (Lipinski definition) is 1. The quantitative estimate of drug-likeness (QED) is 0.643. The Hall–Kier alpha value is -1.85. The summed E-state index contributed by atoms with van der Waals surface area (Å²) in [5.74, 6) is -0.579. The van der Waals surface area contributed by atoms with Gasteiger partial charge in [0.15, 0.2) is 0 Å². The van der Waals surface area contributed by atoms with Gasteiger partial charge in [-0.2, -0.15) is 13.2 Å². The van der Waals surface area contributed by atoms with Crippen molar-refractivity contribution in [1.82, 2.24) is 0 Å². The van der Waals surface area contributed by atoms with Crippen LogP contribution in [-0.4, -0.2) is 12.1 Å². The molecule has 1 N–H and O–H groups in total. The third-order valence-electron chi connectivity index (χ3n) is 1.92. The fourth-order valence-corrected chi connectivity index (χ4v) is 1.16. The smallest absolute Gasteiger partial charge is 0.323 e. The van der Waals surface area contributed by atoms with Crippen molar-refractivity contribution in [3.05, 3.63) is 42.5 Å². The Morgan fingerprint density at radius 1 is 1.41 bits per heavy atom. The minimum Gasteiger partial charge on any atom is -0.323 e. The number of amides is 1. The highest BCUT2D eigenvalue weighted by atomic mass is 19.4. The first kappa shape index (κ1) is 13.2. The predicted molar refractivity (Wildman–Crippen MR) is 55.2 cm³/mol. The van der Waals surface area contributed by atoms with Gasteiger partial charge in [0.25, 0.3) is 0 Å². The molecular formula is C11H9F4NO. The molecule has 0 spiro atoms. The standard InChI is InChI=1S/C11H9F4NO/c1-2-9(17)16-8-5-3-4-7(6-8)10(12)11(13,14)15/h2-6,10H,1H2,(H,16,17). The zero-order valence-corrected chi connectivity index (χ0v) is 8.59. The van der Waals surface area contributed by atoms with E-state index in [9.17, 15) is 22.4 Å². The first-order chi connectivity index (χ1) is 7.84. The van der Waals surface area contributed by atoms with Gasteiger partial charge in [0.1, 0.15) is 0 Å². The molecule has 0 heterocycles. The molecule has 1 rings (SSSR count). The van der Waals surface area contributed by atoms with Crippen LogP contribution in [0.4, 0.5) is 23.2 Å². The van der Waals surface area contributed by atoms with E-state index >= 15 is 0 Å². The maximum absolute atomic E-state index is 13.0. The summed E-state index contributed by atoms with van der Waals surface area (Å²) in [6.07, 6.45) is -7.06. The van der Waals surface area contributed by atoms with Crippen LogP contribution >= 0.6 is 0 Å². The summed E-state index contributed by atoms with van der Waals surface area (Å²) in [6, 6.07) is 4.52. The second-order valence-corrected chi connectivity index (χ2v) is 3.22. The van der Waals surface area contributed by atoms with Crippen molar-refractivity contribution in [3.8, 4) is 0 Å². The van der Waals surface area contributed by atoms with Crippen molar-refractivity contribution >= 4 is 11.6 Å². The van der Waals surface area contributed by atoms with Crippen LogP contribution in [0.2, 0.25) is 0 Å². The van der Waals surface area contributed by atoms with Gasteiger partial charge >= 0.3 is 6.18 Å². The fraction of sp³-hybridized carbons (Fsp3) is 0.182. The van der Waals surface area contributed by atoms with E-state index in [0.29, 0.717) is 0 Å². The molecule has 6 heteroatoms. The van der Waals surface area contributed by atoms with E-state index in [0.717, 1.165) is 18.2 Å². The number of nitrogens with one attached hydrogen (secondary N) is 1. The average molecular weight is 247 g/mol. The van der Waals surface area contributed by atoms with Crippen LogP contribution in [-0.2, 0) is 4.79 Å². The molecule has 0 aliphatic carbocycles. The molecule has 0 aromatic heterocycles. The molecule has 0 aliphatic rings. The third-order valence-corrected chi connectivity index (χ3v) is 1.92. The molecule has 0 saturated carbocycles. The van der Waals surface area contributed by atoms with Crippen LogP contribution < -0.4 is 5.32 Å². The third kappa shape index (κ3) is 3.58. The number of anilines is 1. The van der Waals surface area contributed by atoms with Gasteiger partial charge in [-0.1, -0.05) is 18.7 Å². The summed E-state index contributed by atoms with van der Waals surface area (Å²) in [6.45, 7) is 3.19. The number of alkyl halides is 4. The van der Waals surface area contributed by atoms with Gasteiger partial charge in [0, 0.05) is 5.69 Å². The lowest BCUT2D eigenvalue weighted by Crippen LogP contribution is -2.17. The molecule has 92 valence electrons. The summed E-state index contributed by atoms with van der Waals surface area (Å²) in [5, 5.41) is 2.25. The van der Waals surface area contributed by atoms with Gasteiger partial charge in [-0.3, -0.25) is 4.79 Å². The van der Waals surface area contributed by atoms with Crippen LogP contribution in [0.3, 0.4) is 0 Å². The SMILES string of the molecule is C=CC(=O)Nc1cccc(C(F)C(F)(F)F)c1. The van der Waals surface area contributed by atoms with Gasteiger partial charge in [0.05, 0.1) is 0 Å². The van der Waals surface area contributed by atoms with Crippen LogP contribution in [0.15, 0.2) is 36.9 Å². The first-order valence-electron chi connectivity index (χ1n) is 4.58. The summed E-state index contributed by atoms with van der Waals surface area (Å²) in [4.78, 5) is 10.9. The van der Waals surface area contributed by atoms with Gasteiger partial charge < -0.3 is 5.32 Å². The van der Waals surface area contributed by atoms with E-state index < -0.39 is 23.8 Å². The molecule has 0 aliphatic heterocycles. The fourth-order valence-electron chi connectivity index (χ4n) is 1.16. The van der Waals surface area contributed by atoms with Crippen LogP contribution in [0.25, 0.3) is 0 Å². The number of rotatable bonds is 3. The summed E-state index contributed by atoms with van der Waals surface area (Å²) in [7, 11) is 0. The van der Waals surface area contributed by atoms with E-state index in [2.05, 4.69) is 11.9 Å². The minimum atomic E-state index is -4.96. The Kier molecular flexibility index (Phi) is 3.88. The molecule has 17 heavy (non-hydrogen) atoms. The molecule has 1 atom stereocenters. The van der Waals surface area contributed by atoms with Crippen molar-refractivity contribution in [2.24, 2.45) is 0 Å². The minimum absolute atomic E-state index is 0.0827. The summed E-state index contributed by atoms with van der Waals surface area (Å²) >= 11 is 0. The van der Waals surface area contributed by atoms with Gasteiger partial charge in [0.2, 0.25) is 12.1 Å². The summed E-state index contributed by atoms with van der Waals surface area (Å²) < 4.78 is 49.3. The molecule has 0 radical (unpaired) electrons. The second-order valence-electron chi connectivity index (χ2n) is 3.22. The van der Waals surface area contributed by atoms with Crippen molar-refractivity contribution in [2.75, 3.05) is 5.32 Å². The topological polar surface area (TPSA) is 29.1 Å². The maximum Gasteiger partial charge on any atom is 0.423 e. The Morgan fingerprint density at radius 3 is 2.59 bits per heavy atom. The van der Waals surface area contributed by atoms with Gasteiger partial charge in [-0.25, -0.2) is 4.39 Å². The van der Waals surface area contributed by atoms with Crippen LogP contribution in [0, 0.1) is 0 Å². The molecule has 1 aromatic rings. The lowest BCUT2D eigenvalue weighted by molar-refractivity contribution is -0.182. The van der Waals surface area contributed by atoms with Crippen LogP contribution in [0.5, 0.6) is 0 Å². The Labute approximate surface area is 94.9 Å². The van der Waals surface area contributed by atoms with Gasteiger partial charge in [-0.15, -0.1) is 0 Å². The van der Waals surface area contributed by atoms with E-state index in [1.54, 1.807) is 0 Å². The largest absolute Gasteiger partial charge is 0.423 e. The molecule has 0 bridgehead atoms. The normalized spacial score (nSPS) is 12.9. The van der Waals surface area contributed by atoms with Crippen molar-refractivity contribution in [2.45, 2.75) is 12.3 Å². The number of carbonyl (C=O) groups is 1. The van der Waals surface area contributed by atoms with Crippen molar-refractivity contribution < 1.29 is 22.4 Å². The summed E-state index contributed by atoms with van der Waals surface area (Å²) in [5.41, 5.74) is -0.473. The van der Waals surface area contributed by atoms with Crippen molar-refractivity contribution in [3.63, 3.8) is 0 Å². The lowest BCUT2D eigenvalue weighted by Gasteiger charge is -2.13. The Bertz CT molecular complexity index is 428. The first-order valence-corrected chi connectivity index (χ1v) is 4.58. The van der Waals surface area contributed by atoms with E-state index in [4.69, 9.17) is 0 Å². The molecule has 1 amide bonds. The average Bonchev–Trinajstić information content (AvgIpc) is 2.27. The van der Waals surface area contributed by atoms with Gasteiger partial charge in [-0.05, 0) is 23.8 Å². The molecule has 2 nitrogen and oxygen atoms in total. The maximum atomic E-state index is 13.0. The zero-order chi connectivity index (χ0) is 13.1. The predicted octanol–water partition coefficient (Wildman–Crippen LogP) is 3.38. The number of halogens is 4. The molecule has 0 saturated heterocycles. The molecule has 1 unspecified atom stereocenters. The lowest BCUT2D eigenvalue weighted by atomic mass is 10.1. The van der Waals surface area contributed by atoms with E-state index in [1.807, 2.05) is 0 Å². The highest BCUT2D eigenvalue weighted by Crippen LogP contribution is 2.36. The number of benzene rings is 1. The molecular weight excluding hydrogens is 238 g/mol. The second kappa shape index (κ2) is 4.99. The number of carbonyl (C=O) groups excluding carboxylic acids is 1. The zero-order valence-electron chi connectivity index (χ0n) is 8.59. The monoisotopic (exact) mass is 247 g/mol. The van der Waals surface area contributed by atoms with Crippen molar-refractivity contribution in [1.29, 1.82) is 0 Å². The van der Waals surface area contributed by atoms with E-state index in [1.165, 1.54) is 12.1 Å². The van der Waals surface area contributed by atoms with E-state index in [-0.39, 0.29) is 5.69 Å². The molecule has 0 fully saturated rings. The number of hydrogen-bond acceptors (Lipinski definition) is 1. The molecule has 1 aromatic carbocycles. The highest BCUT2D eigenvalue weighted by Gasteiger charge is 2.41. The Balaban J connectivity index is 2.93. The van der Waals surface area contributed by atoms with Crippen LogP contribution in [0.1, 0.15) is 11.7 Å².